The summed E-state index contributed by atoms with van der Waals surface area (Å²) in [6, 6.07) is 19.9. The van der Waals surface area contributed by atoms with E-state index in [2.05, 4.69) is 39.5 Å². The van der Waals surface area contributed by atoms with Crippen molar-refractivity contribution < 1.29 is 51.5 Å². The number of hydrazine groups is 2. The van der Waals surface area contributed by atoms with Gasteiger partial charge in [0.25, 0.3) is 5.91 Å². The van der Waals surface area contributed by atoms with E-state index in [9.17, 15) is 32.8 Å². The Morgan fingerprint density at radius 2 is 1.77 bits per heavy atom. The number of carbonyl (C=O) groups excluding carboxylic acids is 3. The smallest absolute Gasteiger partial charge is 0.344 e. The maximum absolute atomic E-state index is 15.0. The molecule has 3 fully saturated rings. The number of amides is 2. The molecule has 3 N–H and O–H groups in total. The number of fused-ring (bicyclic) bond motifs is 6. The summed E-state index contributed by atoms with van der Waals surface area (Å²) in [7, 11) is 0.120. The number of benzene rings is 3. The van der Waals surface area contributed by atoms with Crippen LogP contribution in [-0.2, 0) is 64.4 Å². The number of cyclic esters (lactones) is 1. The Balaban J connectivity index is 1.04. The summed E-state index contributed by atoms with van der Waals surface area (Å²) in [6.07, 6.45) is 2.24. The van der Waals surface area contributed by atoms with Crippen LogP contribution in [0.15, 0.2) is 83.5 Å². The van der Waals surface area contributed by atoms with Gasteiger partial charge in [-0.25, -0.2) is 13.8 Å². The Morgan fingerprint density at radius 3 is 2.50 bits per heavy atom. The van der Waals surface area contributed by atoms with E-state index in [-0.39, 0.29) is 42.7 Å². The number of phenolic OH excluding ortho intramolecular Hbond substituents is 1. The van der Waals surface area contributed by atoms with Crippen LogP contribution in [0, 0.1) is 16.2 Å². The lowest BCUT2D eigenvalue weighted by atomic mass is 9.84. The van der Waals surface area contributed by atoms with Crippen molar-refractivity contribution in [2.45, 2.75) is 123 Å². The maximum Gasteiger partial charge on any atom is 0.344 e. The number of hydrogen-bond acceptors (Lipinski definition) is 16. The van der Waals surface area contributed by atoms with Crippen LogP contribution in [0.25, 0.3) is 44.7 Å². The maximum atomic E-state index is 15.0. The molecule has 22 heteroatoms. The second kappa shape index (κ2) is 24.0. The molecule has 0 spiro atoms. The topological polar surface area (TPSA) is 244 Å². The Bertz CT molecular complexity index is 3460. The minimum atomic E-state index is -3.08. The molecule has 0 unspecified atom stereocenters. The highest BCUT2D eigenvalue weighted by Gasteiger charge is 2.48. The number of aromatic hydroxyl groups is 1. The number of sulfone groups is 1. The predicted octanol–water partition coefficient (Wildman–Crippen LogP) is 6.91. The van der Waals surface area contributed by atoms with E-state index < -0.39 is 69.4 Å². The van der Waals surface area contributed by atoms with Crippen molar-refractivity contribution >= 4 is 38.5 Å². The molecule has 2 amide bonds. The van der Waals surface area contributed by atoms with E-state index in [1.54, 1.807) is 32.5 Å². The molecule has 3 aromatic carbocycles. The second-order valence-corrected chi connectivity index (χ2v) is 25.6. The van der Waals surface area contributed by atoms with Crippen LogP contribution in [0.5, 0.6) is 5.75 Å². The quantitative estimate of drug-likeness (QED) is 0.0570. The number of esters is 1. The fraction of sp³-hybridized carbons (Fsp3) is 0.500. The third-order valence-corrected chi connectivity index (χ3v) is 18.0. The zero-order valence-corrected chi connectivity index (χ0v) is 48.8. The van der Waals surface area contributed by atoms with Gasteiger partial charge in [0.05, 0.1) is 66.6 Å². The molecule has 82 heavy (non-hydrogen) atoms. The van der Waals surface area contributed by atoms with Crippen LogP contribution >= 0.6 is 0 Å². The molecule has 7 heterocycles. The lowest BCUT2D eigenvalue weighted by molar-refractivity contribution is -0.763. The lowest BCUT2D eigenvalue weighted by Crippen LogP contribution is -2.62. The van der Waals surface area contributed by atoms with Crippen LogP contribution in [0.4, 0.5) is 0 Å². The number of ether oxygens (including phenoxy) is 3. The molecule has 3 aromatic heterocycles. The molecule has 10 rings (SSSR count). The Labute approximate surface area is 478 Å². The normalized spacial score (nSPS) is 22.1. The van der Waals surface area contributed by atoms with E-state index in [1.165, 1.54) is 10.0 Å². The SMILES string of the molecule is CCn1c(-c2cc(-c3noc(CN4CCS(=O)(=O)CC4)n3)cnc2[C@H](C)OC)c2c3cc(ccc31)-c1cc(O)cc(c1)C[C@H](NC(=O)[C@H](C(C)C)N(C)[N+](=O)[C@@H]1OCC[C@@H]1c1ccccc1)C(=O)N1CCC[C@H](N1)C(=O)OCC(C)(C)C2. The van der Waals surface area contributed by atoms with E-state index in [0.717, 1.165) is 43.7 Å². The number of phenols is 1. The Morgan fingerprint density at radius 1 is 1.00 bits per heavy atom. The molecular weight excluding hydrogens is 1070 g/mol. The number of aromatic nitrogens is 4. The van der Waals surface area contributed by atoms with E-state index in [4.69, 9.17) is 28.7 Å². The van der Waals surface area contributed by atoms with Crippen LogP contribution in [0.1, 0.15) is 101 Å². The van der Waals surface area contributed by atoms with Gasteiger partial charge in [0, 0.05) is 73.4 Å². The first-order valence-corrected chi connectivity index (χ1v) is 30.2. The summed E-state index contributed by atoms with van der Waals surface area (Å²) >= 11 is 0. The number of methoxy groups -OCH3 is 1. The monoisotopic (exact) mass is 1140 g/mol. The summed E-state index contributed by atoms with van der Waals surface area (Å²) in [4.78, 5) is 70.8. The van der Waals surface area contributed by atoms with E-state index in [0.29, 0.717) is 92.6 Å². The summed E-state index contributed by atoms with van der Waals surface area (Å²) in [5.41, 5.74) is 10.2. The largest absolute Gasteiger partial charge is 0.508 e. The molecule has 4 aliphatic rings. The third-order valence-electron chi connectivity index (χ3n) is 16.4. The summed E-state index contributed by atoms with van der Waals surface area (Å²) in [6.45, 7) is 14.0. The van der Waals surface area contributed by atoms with Gasteiger partial charge < -0.3 is 33.7 Å². The number of aryl methyl sites for hydroxylation is 1. The molecule has 6 aromatic rings. The van der Waals surface area contributed by atoms with Crippen molar-refractivity contribution in [3.05, 3.63) is 112 Å². The standard InChI is InChI=1S/C60H74N10O11S/c1-9-68-50-18-17-40-30-45(50)47(54(68)46-31-42(33-61-52(46)37(4)78-8)55-63-51(81-65-55)34-67-21-24-82(76,77)25-22-67)32-60(5,6)35-80-59(74)48-16-13-20-69(64-48)57(73)49(28-38-26-41(40)29-43(71)27-38)62-56(72)53(36(2)3)66(7)70(75)58-44(19-23-79-58)39-14-11-10-12-15-39/h10-12,14-15,17-18,26-27,29-31,33,36-37,44,48-49,53,58,64H,9,13,16,19-25,28,32,34-35H2,1-8H3,(H-,62,71,72)/p+1/t37-,44+,48-,49-,53-,58+/m0/s1. The minimum absolute atomic E-state index is 0.0253. The van der Waals surface area contributed by atoms with Gasteiger partial charge in [-0.05, 0) is 104 Å². The highest BCUT2D eigenvalue weighted by Crippen LogP contribution is 2.43. The summed E-state index contributed by atoms with van der Waals surface area (Å²) < 4.78 is 50.5. The van der Waals surface area contributed by atoms with Gasteiger partial charge in [-0.2, -0.15) is 4.98 Å². The highest BCUT2D eigenvalue weighted by molar-refractivity contribution is 7.91. The van der Waals surface area contributed by atoms with Crippen LogP contribution in [0.3, 0.4) is 0 Å². The zero-order valence-electron chi connectivity index (χ0n) is 48.0. The Kier molecular flexibility index (Phi) is 17.0. The molecule has 4 aliphatic heterocycles. The average molecular weight is 1140 g/mol. The van der Waals surface area contributed by atoms with Gasteiger partial charge in [0.2, 0.25) is 17.6 Å². The zero-order chi connectivity index (χ0) is 58.2. The first-order valence-electron chi connectivity index (χ1n) is 28.4. The van der Waals surface area contributed by atoms with E-state index in [1.807, 2.05) is 88.0 Å². The lowest BCUT2D eigenvalue weighted by Gasteiger charge is -2.36. The number of hydrogen-bond donors (Lipinski definition) is 3. The molecular formula is C60H75N10O11S+. The number of pyridine rings is 1. The summed E-state index contributed by atoms with van der Waals surface area (Å²) in [5.74, 6) is -1.44. The number of nitrogens with zero attached hydrogens (tertiary/aromatic N) is 8. The van der Waals surface area contributed by atoms with Gasteiger partial charge in [0.1, 0.15) is 17.8 Å². The molecule has 0 radical (unpaired) electrons. The second-order valence-electron chi connectivity index (χ2n) is 23.3. The number of nitrogens with one attached hydrogen (secondary N) is 2. The van der Waals surface area contributed by atoms with Crippen LogP contribution < -0.4 is 10.7 Å². The average Bonchev–Trinajstić information content (AvgIpc) is 4.43. The first-order chi connectivity index (χ1) is 39.2. The number of carbonyl (C=O) groups is 3. The fourth-order valence-corrected chi connectivity index (χ4v) is 13.3. The third kappa shape index (κ3) is 12.3. The molecule has 6 atom stereocenters. The fourth-order valence-electron chi connectivity index (χ4n) is 12.1. The van der Waals surface area contributed by atoms with Gasteiger partial charge in [-0.15, -0.1) is 5.01 Å². The minimum Gasteiger partial charge on any atom is -0.508 e. The summed E-state index contributed by atoms with van der Waals surface area (Å²) in [5, 5.41) is 22.6. The molecule has 0 aliphatic carbocycles. The number of rotatable bonds is 14. The number of likely N-dealkylation sites (N-methyl/N-ethyl adjacent to an activating group) is 1. The van der Waals surface area contributed by atoms with Crippen molar-refractivity contribution in [2.24, 2.45) is 11.3 Å². The van der Waals surface area contributed by atoms with Gasteiger partial charge in [-0.1, -0.05) is 75.3 Å². The highest BCUT2D eigenvalue weighted by atomic mass is 32.2. The van der Waals surface area contributed by atoms with Crippen molar-refractivity contribution in [3.8, 4) is 39.5 Å². The molecule has 3 saturated heterocycles. The van der Waals surface area contributed by atoms with Gasteiger partial charge in [0.15, 0.2) is 20.7 Å². The van der Waals surface area contributed by atoms with E-state index >= 15 is 0 Å². The predicted molar refractivity (Wildman–Crippen MR) is 306 cm³/mol. The van der Waals surface area contributed by atoms with Crippen LogP contribution in [-0.4, -0.2) is 154 Å². The van der Waals surface area contributed by atoms with Crippen molar-refractivity contribution in [1.82, 2.24) is 45.4 Å². The number of nitroso groups, excluding NO2 is 1. The van der Waals surface area contributed by atoms with Crippen molar-refractivity contribution in [1.29, 1.82) is 0 Å². The van der Waals surface area contributed by atoms with Crippen LogP contribution in [0.2, 0.25) is 0 Å². The van der Waals surface area contributed by atoms with Gasteiger partial charge >= 0.3 is 12.2 Å². The van der Waals surface area contributed by atoms with Gasteiger partial charge in [-0.3, -0.25) is 29.3 Å². The van der Waals surface area contributed by atoms with Crippen molar-refractivity contribution in [3.63, 3.8) is 0 Å². The first kappa shape index (κ1) is 58.1. The molecule has 436 valence electrons. The van der Waals surface area contributed by atoms with Crippen molar-refractivity contribution in [2.75, 3.05) is 58.5 Å². The molecule has 21 nitrogen and oxygen atoms in total. The molecule has 6 bridgehead atoms. The molecule has 0 saturated carbocycles. The Hall–Kier alpha value is -7.11.